The maximum absolute atomic E-state index is 11.9. The van der Waals surface area contributed by atoms with Gasteiger partial charge in [0.15, 0.2) is 0 Å². The Labute approximate surface area is 95.4 Å². The van der Waals surface area contributed by atoms with Gasteiger partial charge in [-0.1, -0.05) is 20.8 Å². The zero-order chi connectivity index (χ0) is 11.9. The number of ether oxygens (including phenoxy) is 2. The summed E-state index contributed by atoms with van der Waals surface area (Å²) in [7, 11) is 1.58. The monoisotopic (exact) mass is 226 g/mol. The van der Waals surface area contributed by atoms with Crippen LogP contribution in [0.15, 0.2) is 4.99 Å². The van der Waals surface area contributed by atoms with Crippen LogP contribution in [0.4, 0.5) is 0 Å². The molecule has 5 nitrogen and oxygen atoms in total. The maximum Gasteiger partial charge on any atom is 0.247 e. The number of aliphatic imine (C=N–C) groups is 1. The Balaban J connectivity index is 2.28. The minimum absolute atomic E-state index is 0.0169. The van der Waals surface area contributed by atoms with Crippen LogP contribution in [0.3, 0.4) is 0 Å². The van der Waals surface area contributed by atoms with Crippen molar-refractivity contribution in [2.75, 3.05) is 20.3 Å². The Morgan fingerprint density at radius 1 is 1.50 bits per heavy atom. The molecule has 2 aliphatic rings. The van der Waals surface area contributed by atoms with Gasteiger partial charge >= 0.3 is 0 Å². The second-order valence-electron chi connectivity index (χ2n) is 5.23. The van der Waals surface area contributed by atoms with Gasteiger partial charge in [0.2, 0.25) is 11.8 Å². The summed E-state index contributed by atoms with van der Waals surface area (Å²) in [5.74, 6) is 0.620. The molecular formula is C11H18N2O3. The first-order valence-electron chi connectivity index (χ1n) is 5.46. The number of carbonyl (C=O) groups is 1. The zero-order valence-electron chi connectivity index (χ0n) is 10.2. The van der Waals surface area contributed by atoms with Crippen LogP contribution in [0, 0.1) is 5.41 Å². The van der Waals surface area contributed by atoms with E-state index in [1.807, 2.05) is 0 Å². The summed E-state index contributed by atoms with van der Waals surface area (Å²) in [6.07, 6.45) is -0.189. The lowest BCUT2D eigenvalue weighted by Gasteiger charge is -2.37. The van der Waals surface area contributed by atoms with E-state index >= 15 is 0 Å². The molecule has 1 saturated heterocycles. The van der Waals surface area contributed by atoms with Crippen molar-refractivity contribution in [3.8, 4) is 0 Å². The topological polar surface area (TPSA) is 51.1 Å². The van der Waals surface area contributed by atoms with Crippen molar-refractivity contribution in [3.63, 3.8) is 0 Å². The molecule has 2 heterocycles. The van der Waals surface area contributed by atoms with E-state index in [4.69, 9.17) is 9.47 Å². The third-order valence-corrected chi connectivity index (χ3v) is 2.89. The molecule has 2 rings (SSSR count). The molecule has 2 atom stereocenters. The molecule has 1 fully saturated rings. The number of nitrogens with zero attached hydrogens (tertiary/aromatic N) is 2. The molecule has 0 N–H and O–H groups in total. The molecule has 16 heavy (non-hydrogen) atoms. The van der Waals surface area contributed by atoms with Gasteiger partial charge in [0.1, 0.15) is 18.8 Å². The average Bonchev–Trinajstić information content (AvgIpc) is 2.63. The van der Waals surface area contributed by atoms with Gasteiger partial charge in [0, 0.05) is 5.41 Å². The number of hydrogen-bond acceptors (Lipinski definition) is 4. The lowest BCUT2D eigenvalue weighted by molar-refractivity contribution is -0.142. The molecule has 0 aromatic heterocycles. The molecule has 0 bridgehead atoms. The summed E-state index contributed by atoms with van der Waals surface area (Å²) in [5, 5.41) is 0. The Bertz CT molecular complexity index is 333. The van der Waals surface area contributed by atoms with E-state index < -0.39 is 0 Å². The molecule has 90 valence electrons. The van der Waals surface area contributed by atoms with Gasteiger partial charge in [-0.05, 0) is 0 Å². The second kappa shape index (κ2) is 3.73. The van der Waals surface area contributed by atoms with Gasteiger partial charge in [-0.15, -0.1) is 0 Å². The highest BCUT2D eigenvalue weighted by molar-refractivity contribution is 5.94. The van der Waals surface area contributed by atoms with E-state index in [0.29, 0.717) is 12.5 Å². The van der Waals surface area contributed by atoms with E-state index in [2.05, 4.69) is 25.8 Å². The lowest BCUT2D eigenvalue weighted by atomic mass is 9.93. The molecule has 0 saturated carbocycles. The smallest absolute Gasteiger partial charge is 0.247 e. The fourth-order valence-corrected chi connectivity index (χ4v) is 2.20. The van der Waals surface area contributed by atoms with Crippen molar-refractivity contribution in [1.29, 1.82) is 0 Å². The standard InChI is InChI=1S/C11H18N2O3/c1-11(2,3)10-13-7(6-16-10)9(15-4)12-5-8(13)14/h7,10H,5-6H2,1-4H3/t7-,10+/m0/s1. The summed E-state index contributed by atoms with van der Waals surface area (Å²) in [5.41, 5.74) is -0.0966. The first kappa shape index (κ1) is 11.4. The SMILES string of the molecule is COC1=NCC(=O)N2[C@H]1CO[C@@H]2C(C)(C)C. The van der Waals surface area contributed by atoms with E-state index in [-0.39, 0.29) is 30.1 Å². The highest BCUT2D eigenvalue weighted by Crippen LogP contribution is 2.33. The summed E-state index contributed by atoms with van der Waals surface area (Å²) in [4.78, 5) is 17.8. The first-order valence-corrected chi connectivity index (χ1v) is 5.46. The molecule has 0 radical (unpaired) electrons. The molecule has 0 unspecified atom stereocenters. The van der Waals surface area contributed by atoms with Crippen molar-refractivity contribution in [2.24, 2.45) is 10.4 Å². The Morgan fingerprint density at radius 3 is 2.75 bits per heavy atom. The number of carbonyl (C=O) groups excluding carboxylic acids is 1. The quantitative estimate of drug-likeness (QED) is 0.609. The fraction of sp³-hybridized carbons (Fsp3) is 0.818. The largest absolute Gasteiger partial charge is 0.483 e. The third kappa shape index (κ3) is 1.69. The fourth-order valence-electron chi connectivity index (χ4n) is 2.20. The van der Waals surface area contributed by atoms with Gasteiger partial charge in [0.05, 0.1) is 13.7 Å². The third-order valence-electron chi connectivity index (χ3n) is 2.89. The number of methoxy groups -OCH3 is 1. The molecule has 5 heteroatoms. The summed E-state index contributed by atoms with van der Waals surface area (Å²) < 4.78 is 10.9. The Kier molecular flexibility index (Phi) is 2.66. The van der Waals surface area contributed by atoms with Gasteiger partial charge in [-0.2, -0.15) is 0 Å². The molecule has 0 aromatic rings. The van der Waals surface area contributed by atoms with Crippen molar-refractivity contribution < 1.29 is 14.3 Å². The van der Waals surface area contributed by atoms with Gasteiger partial charge in [0.25, 0.3) is 0 Å². The molecule has 1 amide bonds. The molecule has 0 spiro atoms. The summed E-state index contributed by atoms with van der Waals surface area (Å²) in [6.45, 7) is 6.82. The average molecular weight is 226 g/mol. The maximum atomic E-state index is 11.9. The van der Waals surface area contributed by atoms with Gasteiger partial charge < -0.3 is 14.4 Å². The number of fused-ring (bicyclic) bond motifs is 1. The normalized spacial score (nSPS) is 30.1. The number of hydrogen-bond donors (Lipinski definition) is 0. The van der Waals surface area contributed by atoms with Crippen molar-refractivity contribution in [2.45, 2.75) is 33.0 Å². The zero-order valence-corrected chi connectivity index (χ0v) is 10.2. The predicted octanol–water partition coefficient (Wildman–Crippen LogP) is 0.644. The van der Waals surface area contributed by atoms with Gasteiger partial charge in [-0.25, -0.2) is 4.99 Å². The molecular weight excluding hydrogens is 208 g/mol. The molecule has 0 aliphatic carbocycles. The van der Waals surface area contributed by atoms with Crippen LogP contribution >= 0.6 is 0 Å². The number of amides is 1. The van der Waals surface area contributed by atoms with Crippen LogP contribution in [-0.2, 0) is 14.3 Å². The summed E-state index contributed by atoms with van der Waals surface area (Å²) in [6, 6.07) is -0.143. The minimum Gasteiger partial charge on any atom is -0.483 e. The van der Waals surface area contributed by atoms with E-state index in [0.717, 1.165) is 0 Å². The van der Waals surface area contributed by atoms with E-state index in [1.165, 1.54) is 0 Å². The predicted molar refractivity (Wildman–Crippen MR) is 59.1 cm³/mol. The van der Waals surface area contributed by atoms with Crippen molar-refractivity contribution >= 4 is 11.8 Å². The van der Waals surface area contributed by atoms with Crippen molar-refractivity contribution in [1.82, 2.24) is 4.90 Å². The highest BCUT2D eigenvalue weighted by Gasteiger charge is 2.47. The van der Waals surface area contributed by atoms with Crippen LogP contribution in [0.25, 0.3) is 0 Å². The Hall–Kier alpha value is -1.10. The van der Waals surface area contributed by atoms with Gasteiger partial charge in [-0.3, -0.25) is 4.79 Å². The van der Waals surface area contributed by atoms with Crippen molar-refractivity contribution in [3.05, 3.63) is 0 Å². The van der Waals surface area contributed by atoms with E-state index in [1.54, 1.807) is 12.0 Å². The van der Waals surface area contributed by atoms with Crippen LogP contribution < -0.4 is 0 Å². The van der Waals surface area contributed by atoms with Crippen LogP contribution in [-0.4, -0.2) is 49.2 Å². The first-order chi connectivity index (χ1) is 7.45. The summed E-state index contributed by atoms with van der Waals surface area (Å²) >= 11 is 0. The highest BCUT2D eigenvalue weighted by atomic mass is 16.5. The molecule has 0 aromatic carbocycles. The van der Waals surface area contributed by atoms with Crippen LogP contribution in [0.2, 0.25) is 0 Å². The molecule has 2 aliphatic heterocycles. The lowest BCUT2D eigenvalue weighted by Crippen LogP contribution is -2.53. The van der Waals surface area contributed by atoms with Crippen LogP contribution in [0.5, 0.6) is 0 Å². The van der Waals surface area contributed by atoms with Crippen LogP contribution in [0.1, 0.15) is 20.8 Å². The van der Waals surface area contributed by atoms with E-state index in [9.17, 15) is 4.79 Å². The Morgan fingerprint density at radius 2 is 2.19 bits per heavy atom. The minimum atomic E-state index is -0.189. The number of rotatable bonds is 0. The second-order valence-corrected chi connectivity index (χ2v) is 5.23.